The second-order valence-electron chi connectivity index (χ2n) is 15.8. The second kappa shape index (κ2) is 21.2. The van der Waals surface area contributed by atoms with E-state index in [1.54, 1.807) is 12.1 Å². The first-order chi connectivity index (χ1) is 31.7. The number of hydrogen-bond acceptors (Lipinski definition) is 10. The number of hydrogen-bond donors (Lipinski definition) is 2. The van der Waals surface area contributed by atoms with E-state index in [1.165, 1.54) is 6.07 Å². The van der Waals surface area contributed by atoms with E-state index < -0.39 is 0 Å². The predicted molar refractivity (Wildman–Crippen MR) is 267 cm³/mol. The van der Waals surface area contributed by atoms with Crippen LogP contribution in [0.25, 0.3) is 33.4 Å². The van der Waals surface area contributed by atoms with Crippen molar-refractivity contribution in [2.75, 3.05) is 68.9 Å². The van der Waals surface area contributed by atoms with Crippen molar-refractivity contribution in [3.63, 3.8) is 0 Å². The second-order valence-corrected chi connectivity index (χ2v) is 15.8. The van der Waals surface area contributed by atoms with Gasteiger partial charge in [0.15, 0.2) is 22.2 Å². The minimum Gasteiger partial charge on any atom is -0.368 e. The van der Waals surface area contributed by atoms with Gasteiger partial charge in [-0.3, -0.25) is 23.6 Å². The molecule has 8 aromatic rings. The van der Waals surface area contributed by atoms with Gasteiger partial charge in [0.05, 0.1) is 22.0 Å². The van der Waals surface area contributed by atoms with E-state index >= 15 is 0 Å². The molecule has 4 aromatic heterocycles. The van der Waals surface area contributed by atoms with Gasteiger partial charge in [0.1, 0.15) is 17.7 Å². The molecular weight excluding hydrogens is 809 g/mol. The zero-order chi connectivity index (χ0) is 45.9. The highest BCUT2D eigenvalue weighted by Crippen LogP contribution is 2.31. The van der Waals surface area contributed by atoms with Gasteiger partial charge in [0.25, 0.3) is 0 Å². The Morgan fingerprint density at radius 3 is 1.49 bits per heavy atom. The van der Waals surface area contributed by atoms with E-state index in [4.69, 9.17) is 4.98 Å². The lowest BCUT2D eigenvalue weighted by molar-refractivity contribution is 0.229. The maximum absolute atomic E-state index is 13.7. The van der Waals surface area contributed by atoms with Crippen molar-refractivity contribution >= 4 is 50.8 Å². The molecular formula is C53H56N10O2. The van der Waals surface area contributed by atoms with Crippen molar-refractivity contribution in [3.8, 4) is 17.4 Å². The van der Waals surface area contributed by atoms with Crippen molar-refractivity contribution in [2.45, 2.75) is 27.7 Å². The van der Waals surface area contributed by atoms with Crippen LogP contribution in [0.5, 0.6) is 0 Å². The van der Waals surface area contributed by atoms with Crippen molar-refractivity contribution in [3.05, 3.63) is 183 Å². The van der Waals surface area contributed by atoms with Gasteiger partial charge in [0.2, 0.25) is 0 Å². The Bertz CT molecular complexity index is 3010. The van der Waals surface area contributed by atoms with Crippen LogP contribution in [0.2, 0.25) is 0 Å². The Hall–Kier alpha value is -7.59. The standard InChI is InChI=1S/C29H34N6O.C22H16N4O.C2H6/c1-22-20-25(34-18-16-33(17-19-34)15-14-32(2)3)28-26(36)21-27(31-23-10-6-4-7-11-23)35(29(28)30-22)24-12-8-5-9-13-24;1-15-12-16(14-23)21-19(27)13-20(25-17-8-4-2-5-9-17)26(22(21)24-15)18-10-6-3-7-11-18;1-2/h4-13,20-21,31H,14-19H2,1-3H3;2-13,25H,1H3;1-2H3. The third kappa shape index (κ3) is 10.6. The molecule has 2 N–H and O–H groups in total. The van der Waals surface area contributed by atoms with Gasteiger partial charge in [-0.15, -0.1) is 0 Å². The first kappa shape index (κ1) is 45.4. The number of piperazine rings is 1. The number of likely N-dealkylation sites (N-methyl/N-ethyl adjacent to an activating group) is 1. The number of para-hydroxylation sites is 4. The number of nitriles is 1. The number of rotatable bonds is 10. The lowest BCUT2D eigenvalue weighted by Crippen LogP contribution is -2.48. The van der Waals surface area contributed by atoms with Gasteiger partial charge < -0.3 is 20.4 Å². The normalized spacial score (nSPS) is 12.5. The van der Waals surface area contributed by atoms with Gasteiger partial charge in [-0.25, -0.2) is 9.97 Å². The molecule has 12 nitrogen and oxygen atoms in total. The fourth-order valence-corrected chi connectivity index (χ4v) is 7.94. The fourth-order valence-electron chi connectivity index (χ4n) is 7.94. The molecule has 4 aromatic carbocycles. The first-order valence-electron chi connectivity index (χ1n) is 22.1. The van der Waals surface area contributed by atoms with Crippen LogP contribution in [0, 0.1) is 25.2 Å². The van der Waals surface area contributed by atoms with Crippen LogP contribution in [-0.2, 0) is 0 Å². The summed E-state index contributed by atoms with van der Waals surface area (Å²) in [5.41, 5.74) is 7.35. The molecule has 0 aliphatic carbocycles. The Labute approximate surface area is 380 Å². The van der Waals surface area contributed by atoms with E-state index in [0.29, 0.717) is 45.0 Å². The molecule has 1 saturated heterocycles. The molecule has 9 rings (SSSR count). The number of aryl methyl sites for hydroxylation is 2. The van der Waals surface area contributed by atoms with Crippen LogP contribution >= 0.6 is 0 Å². The maximum atomic E-state index is 13.7. The molecule has 12 heteroatoms. The average molecular weight is 865 g/mol. The Balaban J connectivity index is 0.000000194. The molecule has 1 aliphatic rings. The van der Waals surface area contributed by atoms with Crippen LogP contribution in [0.1, 0.15) is 30.8 Å². The number of pyridine rings is 4. The predicted octanol–water partition coefficient (Wildman–Crippen LogP) is 9.46. The van der Waals surface area contributed by atoms with Crippen molar-refractivity contribution in [2.24, 2.45) is 0 Å². The van der Waals surface area contributed by atoms with Crippen molar-refractivity contribution in [1.82, 2.24) is 28.9 Å². The minimum atomic E-state index is -0.236. The lowest BCUT2D eigenvalue weighted by atomic mass is 10.1. The van der Waals surface area contributed by atoms with Gasteiger partial charge in [-0.05, 0) is 88.6 Å². The summed E-state index contributed by atoms with van der Waals surface area (Å²) in [6.45, 7) is 13.7. The van der Waals surface area contributed by atoms with E-state index in [2.05, 4.69) is 61.1 Å². The number of nitrogens with one attached hydrogen (secondary N) is 2. The third-order valence-corrected chi connectivity index (χ3v) is 11.0. The average Bonchev–Trinajstić information content (AvgIpc) is 3.32. The van der Waals surface area contributed by atoms with Crippen LogP contribution in [-0.4, -0.2) is 82.3 Å². The third-order valence-electron chi connectivity index (χ3n) is 11.0. The molecule has 0 radical (unpaired) electrons. The van der Waals surface area contributed by atoms with Crippen molar-refractivity contribution < 1.29 is 0 Å². The summed E-state index contributed by atoms with van der Waals surface area (Å²) in [7, 11) is 4.22. The number of fused-ring (bicyclic) bond motifs is 2. The van der Waals surface area contributed by atoms with E-state index in [9.17, 15) is 14.9 Å². The molecule has 0 amide bonds. The van der Waals surface area contributed by atoms with Crippen LogP contribution in [0.15, 0.2) is 155 Å². The smallest absolute Gasteiger partial charge is 0.195 e. The Morgan fingerprint density at radius 1 is 0.600 bits per heavy atom. The molecule has 65 heavy (non-hydrogen) atoms. The van der Waals surface area contributed by atoms with Gasteiger partial charge in [-0.2, -0.15) is 5.26 Å². The molecule has 0 unspecified atom stereocenters. The summed E-state index contributed by atoms with van der Waals surface area (Å²) in [6, 6.07) is 48.4. The Kier molecular flexibility index (Phi) is 14.8. The van der Waals surface area contributed by atoms with Crippen molar-refractivity contribution in [1.29, 1.82) is 5.26 Å². The summed E-state index contributed by atoms with van der Waals surface area (Å²) in [4.78, 5) is 43.1. The fraction of sp³-hybridized carbons (Fsp3) is 0.226. The van der Waals surface area contributed by atoms with Gasteiger partial charge in [-0.1, -0.05) is 86.6 Å². The largest absolute Gasteiger partial charge is 0.368 e. The SMILES string of the molecule is CC.Cc1cc(C#N)c2c(=O)cc(Nc3ccccc3)n(-c3ccccc3)c2n1.Cc1cc(N2CCN(CCN(C)C)CC2)c2c(=O)cc(Nc3ccccc3)n(-c3ccccc3)c2n1. The highest BCUT2D eigenvalue weighted by atomic mass is 16.1. The number of benzene rings is 4. The Morgan fingerprint density at radius 2 is 1.03 bits per heavy atom. The summed E-state index contributed by atoms with van der Waals surface area (Å²) in [5.74, 6) is 1.29. The molecule has 0 saturated carbocycles. The lowest BCUT2D eigenvalue weighted by Gasteiger charge is -2.37. The molecule has 1 fully saturated rings. The van der Waals surface area contributed by atoms with Gasteiger partial charge in [0, 0.05) is 85.5 Å². The highest BCUT2D eigenvalue weighted by molar-refractivity contribution is 5.93. The molecule has 1 aliphatic heterocycles. The monoisotopic (exact) mass is 864 g/mol. The number of nitrogens with zero attached hydrogens (tertiary/aromatic N) is 8. The molecule has 5 heterocycles. The van der Waals surface area contributed by atoms with E-state index in [1.807, 2.05) is 154 Å². The quantitative estimate of drug-likeness (QED) is 0.137. The zero-order valence-corrected chi connectivity index (χ0v) is 38.0. The van der Waals surface area contributed by atoms with E-state index in [-0.39, 0.29) is 10.9 Å². The molecule has 0 bridgehead atoms. The highest BCUT2D eigenvalue weighted by Gasteiger charge is 2.23. The van der Waals surface area contributed by atoms with Crippen LogP contribution < -0.4 is 26.4 Å². The van der Waals surface area contributed by atoms with E-state index in [0.717, 1.165) is 73.4 Å². The van der Waals surface area contributed by atoms with Gasteiger partial charge >= 0.3 is 0 Å². The number of anilines is 5. The topological polar surface area (TPSA) is 127 Å². The first-order valence-corrected chi connectivity index (χ1v) is 22.1. The summed E-state index contributed by atoms with van der Waals surface area (Å²) in [6.07, 6.45) is 0. The van der Waals surface area contributed by atoms with Crippen LogP contribution in [0.4, 0.5) is 28.7 Å². The summed E-state index contributed by atoms with van der Waals surface area (Å²) < 4.78 is 3.94. The molecule has 0 atom stereocenters. The molecule has 330 valence electrons. The minimum absolute atomic E-state index is 0.0202. The zero-order valence-electron chi connectivity index (χ0n) is 38.0. The van der Waals surface area contributed by atoms with Crippen LogP contribution in [0.3, 0.4) is 0 Å². The number of aromatic nitrogens is 4. The summed E-state index contributed by atoms with van der Waals surface area (Å²) in [5, 5.41) is 17.3. The molecule has 0 spiro atoms. The summed E-state index contributed by atoms with van der Waals surface area (Å²) >= 11 is 0. The maximum Gasteiger partial charge on any atom is 0.195 e.